The molecular formula is C16H25N5OS. The number of anilines is 1. The molecule has 0 saturated carbocycles. The molecule has 0 aliphatic carbocycles. The van der Waals surface area contributed by atoms with Gasteiger partial charge in [0.2, 0.25) is 0 Å². The molecule has 0 fully saturated rings. The summed E-state index contributed by atoms with van der Waals surface area (Å²) < 4.78 is 6.19. The van der Waals surface area contributed by atoms with Crippen LogP contribution in [0.5, 0.6) is 0 Å². The van der Waals surface area contributed by atoms with E-state index in [-0.39, 0.29) is 17.5 Å². The van der Waals surface area contributed by atoms with Crippen molar-refractivity contribution in [3.05, 3.63) is 28.7 Å². The quantitative estimate of drug-likeness (QED) is 0.900. The van der Waals surface area contributed by atoms with Crippen LogP contribution >= 0.6 is 11.5 Å². The maximum absolute atomic E-state index is 12.6. The number of carbonyl (C=O) groups is 1. The second-order valence-corrected chi connectivity index (χ2v) is 7.48. The number of nitrogens with one attached hydrogen (secondary N) is 2. The number of carbonyl (C=O) groups excluding carboxylic acids is 1. The highest BCUT2D eigenvalue weighted by atomic mass is 32.1. The Morgan fingerprint density at radius 1 is 1.30 bits per heavy atom. The first-order valence-corrected chi connectivity index (χ1v) is 8.44. The summed E-state index contributed by atoms with van der Waals surface area (Å²) in [5.41, 5.74) is 3.23. The summed E-state index contributed by atoms with van der Waals surface area (Å²) in [6.07, 6.45) is 2.01. The first kappa shape index (κ1) is 17.5. The number of hydrogen-bond donors (Lipinski definition) is 2. The highest BCUT2D eigenvalue weighted by Gasteiger charge is 2.23. The van der Waals surface area contributed by atoms with Crippen LogP contribution in [0.25, 0.3) is 0 Å². The zero-order chi connectivity index (χ0) is 17.4. The van der Waals surface area contributed by atoms with Crippen molar-refractivity contribution in [2.45, 2.75) is 53.1 Å². The Labute approximate surface area is 141 Å². The molecule has 1 atom stereocenters. The molecule has 0 aromatic carbocycles. The Bertz CT molecular complexity index is 711. The van der Waals surface area contributed by atoms with E-state index in [2.05, 4.69) is 40.9 Å². The van der Waals surface area contributed by atoms with Gasteiger partial charge in [-0.05, 0) is 53.1 Å². The third-order valence-electron chi connectivity index (χ3n) is 3.76. The highest BCUT2D eigenvalue weighted by Crippen LogP contribution is 2.26. The number of rotatable bonds is 4. The van der Waals surface area contributed by atoms with Crippen molar-refractivity contribution in [3.63, 3.8) is 0 Å². The van der Waals surface area contributed by atoms with Gasteiger partial charge >= 0.3 is 0 Å². The van der Waals surface area contributed by atoms with E-state index in [0.717, 1.165) is 22.0 Å². The van der Waals surface area contributed by atoms with Crippen molar-refractivity contribution in [3.8, 4) is 0 Å². The summed E-state index contributed by atoms with van der Waals surface area (Å²) in [6.45, 7) is 12.1. The van der Waals surface area contributed by atoms with E-state index < -0.39 is 0 Å². The lowest BCUT2D eigenvalue weighted by atomic mass is 10.1. The smallest absolute Gasteiger partial charge is 0.256 e. The lowest BCUT2D eigenvalue weighted by Crippen LogP contribution is -2.27. The molecule has 2 aromatic heterocycles. The van der Waals surface area contributed by atoms with Crippen LogP contribution in [0, 0.1) is 13.8 Å². The number of aryl methyl sites for hydroxylation is 2. The summed E-state index contributed by atoms with van der Waals surface area (Å²) in [5.74, 6) is -0.115. The fraction of sp³-hybridized carbons (Fsp3) is 0.562. The van der Waals surface area contributed by atoms with Crippen molar-refractivity contribution in [2.75, 3.05) is 12.4 Å². The van der Waals surface area contributed by atoms with Gasteiger partial charge in [0, 0.05) is 18.8 Å². The molecule has 1 amide bonds. The van der Waals surface area contributed by atoms with Gasteiger partial charge in [-0.25, -0.2) is 0 Å². The fourth-order valence-corrected chi connectivity index (χ4v) is 3.14. The molecule has 23 heavy (non-hydrogen) atoms. The van der Waals surface area contributed by atoms with E-state index in [0.29, 0.717) is 5.56 Å². The van der Waals surface area contributed by atoms with Gasteiger partial charge in [-0.3, -0.25) is 9.48 Å². The molecule has 0 bridgehead atoms. The summed E-state index contributed by atoms with van der Waals surface area (Å²) in [6, 6.07) is -0.123. The van der Waals surface area contributed by atoms with E-state index in [1.807, 2.05) is 31.6 Å². The third-order valence-corrected chi connectivity index (χ3v) is 4.71. The lowest BCUT2D eigenvalue weighted by Gasteiger charge is -2.19. The molecule has 0 aliphatic rings. The first-order chi connectivity index (χ1) is 10.6. The van der Waals surface area contributed by atoms with Gasteiger partial charge in [-0.2, -0.15) is 9.47 Å². The van der Waals surface area contributed by atoms with Crippen molar-refractivity contribution in [2.24, 2.45) is 0 Å². The second kappa shape index (κ2) is 6.31. The predicted octanol–water partition coefficient (Wildman–Crippen LogP) is 3.24. The average molecular weight is 335 g/mol. The molecule has 2 heterocycles. The minimum absolute atomic E-state index is 0.0834. The SMILES string of the molecule is CNc1snc(C)c1C(=O)NC(C)c1cn(C(C)(C)C)nc1C. The van der Waals surface area contributed by atoms with Gasteiger partial charge in [-0.15, -0.1) is 0 Å². The predicted molar refractivity (Wildman–Crippen MR) is 94.2 cm³/mol. The molecule has 2 rings (SSSR count). The van der Waals surface area contributed by atoms with E-state index in [1.54, 1.807) is 7.05 Å². The van der Waals surface area contributed by atoms with Gasteiger partial charge in [0.1, 0.15) is 5.00 Å². The van der Waals surface area contributed by atoms with Gasteiger partial charge in [-0.1, -0.05) is 0 Å². The molecule has 0 spiro atoms. The average Bonchev–Trinajstić information content (AvgIpc) is 3.01. The monoisotopic (exact) mass is 335 g/mol. The molecule has 7 heteroatoms. The van der Waals surface area contributed by atoms with Gasteiger partial charge < -0.3 is 10.6 Å². The minimum Gasteiger partial charge on any atom is -0.378 e. The van der Waals surface area contributed by atoms with Crippen molar-refractivity contribution < 1.29 is 4.79 Å². The molecule has 0 radical (unpaired) electrons. The van der Waals surface area contributed by atoms with Crippen molar-refractivity contribution in [1.82, 2.24) is 19.5 Å². The van der Waals surface area contributed by atoms with E-state index in [9.17, 15) is 4.79 Å². The standard InChI is InChI=1S/C16H25N5OS/c1-9(12-8-21(16(4,5)6)19-10(12)2)18-14(22)13-11(3)20-23-15(13)17-7/h8-9,17H,1-7H3,(H,18,22). The summed E-state index contributed by atoms with van der Waals surface area (Å²) in [5, 5.41) is 11.4. The molecular weight excluding hydrogens is 310 g/mol. The first-order valence-electron chi connectivity index (χ1n) is 7.66. The third kappa shape index (κ3) is 3.55. The zero-order valence-corrected chi connectivity index (χ0v) is 15.6. The fourth-order valence-electron chi connectivity index (χ4n) is 2.40. The minimum atomic E-state index is -0.123. The van der Waals surface area contributed by atoms with Crippen LogP contribution in [-0.2, 0) is 5.54 Å². The van der Waals surface area contributed by atoms with E-state index >= 15 is 0 Å². The largest absolute Gasteiger partial charge is 0.378 e. The Kier molecular flexibility index (Phi) is 4.79. The molecule has 2 aromatic rings. The lowest BCUT2D eigenvalue weighted by molar-refractivity contribution is 0.0940. The molecule has 1 unspecified atom stereocenters. The van der Waals surface area contributed by atoms with E-state index in [1.165, 1.54) is 11.5 Å². The zero-order valence-electron chi connectivity index (χ0n) is 14.8. The van der Waals surface area contributed by atoms with Gasteiger partial charge in [0.15, 0.2) is 0 Å². The normalized spacial score (nSPS) is 13.0. The highest BCUT2D eigenvalue weighted by molar-refractivity contribution is 7.10. The Morgan fingerprint density at radius 2 is 1.96 bits per heavy atom. The molecule has 126 valence electrons. The van der Waals surface area contributed by atoms with Gasteiger partial charge in [0.25, 0.3) is 5.91 Å². The van der Waals surface area contributed by atoms with Crippen LogP contribution in [0.2, 0.25) is 0 Å². The summed E-state index contributed by atoms with van der Waals surface area (Å²) in [7, 11) is 1.80. The van der Waals surface area contributed by atoms with Gasteiger partial charge in [0.05, 0.1) is 28.5 Å². The Morgan fingerprint density at radius 3 is 2.48 bits per heavy atom. The van der Waals surface area contributed by atoms with Crippen LogP contribution in [-0.4, -0.2) is 27.1 Å². The van der Waals surface area contributed by atoms with Crippen molar-refractivity contribution >= 4 is 22.4 Å². The molecule has 0 saturated heterocycles. The maximum Gasteiger partial charge on any atom is 0.256 e. The van der Waals surface area contributed by atoms with Crippen LogP contribution < -0.4 is 10.6 Å². The Balaban J connectivity index is 2.22. The van der Waals surface area contributed by atoms with Crippen LogP contribution in [0.3, 0.4) is 0 Å². The van der Waals surface area contributed by atoms with Crippen LogP contribution in [0.4, 0.5) is 5.00 Å². The second-order valence-electron chi connectivity index (χ2n) is 6.70. The topological polar surface area (TPSA) is 71.8 Å². The molecule has 0 aliphatic heterocycles. The molecule has 6 nitrogen and oxygen atoms in total. The number of hydrogen-bond acceptors (Lipinski definition) is 5. The summed E-state index contributed by atoms with van der Waals surface area (Å²) in [4.78, 5) is 12.6. The van der Waals surface area contributed by atoms with Crippen LogP contribution in [0.15, 0.2) is 6.20 Å². The number of aromatic nitrogens is 3. The number of nitrogens with zero attached hydrogens (tertiary/aromatic N) is 3. The maximum atomic E-state index is 12.6. The van der Waals surface area contributed by atoms with Crippen molar-refractivity contribution in [1.29, 1.82) is 0 Å². The van der Waals surface area contributed by atoms with E-state index in [4.69, 9.17) is 0 Å². The Hall–Kier alpha value is -1.89. The number of amides is 1. The molecule has 2 N–H and O–H groups in total. The summed E-state index contributed by atoms with van der Waals surface area (Å²) >= 11 is 1.30. The van der Waals surface area contributed by atoms with Crippen LogP contribution in [0.1, 0.15) is 61.0 Å².